The Bertz CT molecular complexity index is 649. The monoisotopic (exact) mass is 310 g/mol. The van der Waals surface area contributed by atoms with E-state index in [2.05, 4.69) is 20.6 Å². The molecular formula is C12H8Cl2N4O2. The van der Waals surface area contributed by atoms with Crippen LogP contribution in [0.25, 0.3) is 0 Å². The molecule has 2 N–H and O–H groups in total. The Morgan fingerprint density at radius 3 is 2.30 bits per heavy atom. The third-order valence-electron chi connectivity index (χ3n) is 2.18. The van der Waals surface area contributed by atoms with Gasteiger partial charge in [-0.2, -0.15) is 0 Å². The fourth-order valence-electron chi connectivity index (χ4n) is 1.29. The second-order valence-corrected chi connectivity index (χ2v) is 4.45. The Morgan fingerprint density at radius 2 is 1.65 bits per heavy atom. The highest BCUT2D eigenvalue weighted by Gasteiger charge is 2.16. The molecule has 2 rings (SSSR count). The average Bonchev–Trinajstić information content (AvgIpc) is 2.43. The summed E-state index contributed by atoms with van der Waals surface area (Å²) in [5, 5.41) is 5.27. The summed E-state index contributed by atoms with van der Waals surface area (Å²) in [6.45, 7) is 0. The SMILES string of the molecule is O=C(Nc1ncccn1)C(=O)Nc1ccc(Cl)cc1Cl. The molecule has 0 atom stereocenters. The van der Waals surface area contributed by atoms with Gasteiger partial charge in [0.05, 0.1) is 10.7 Å². The van der Waals surface area contributed by atoms with E-state index in [0.29, 0.717) is 5.02 Å². The third kappa shape index (κ3) is 3.66. The summed E-state index contributed by atoms with van der Waals surface area (Å²) < 4.78 is 0. The van der Waals surface area contributed by atoms with Crippen LogP contribution in [0.1, 0.15) is 0 Å². The highest BCUT2D eigenvalue weighted by molar-refractivity contribution is 6.45. The van der Waals surface area contributed by atoms with Crippen molar-refractivity contribution in [3.05, 3.63) is 46.7 Å². The van der Waals surface area contributed by atoms with Crippen LogP contribution < -0.4 is 10.6 Å². The van der Waals surface area contributed by atoms with Crippen molar-refractivity contribution in [2.75, 3.05) is 10.6 Å². The van der Waals surface area contributed by atoms with Gasteiger partial charge in [-0.3, -0.25) is 14.9 Å². The van der Waals surface area contributed by atoms with Gasteiger partial charge in [0.15, 0.2) is 0 Å². The lowest BCUT2D eigenvalue weighted by atomic mass is 10.3. The number of carbonyl (C=O) groups is 2. The number of benzene rings is 1. The van der Waals surface area contributed by atoms with Gasteiger partial charge in [-0.25, -0.2) is 9.97 Å². The molecule has 0 saturated carbocycles. The van der Waals surface area contributed by atoms with Crippen LogP contribution in [0.2, 0.25) is 10.0 Å². The molecule has 0 unspecified atom stereocenters. The number of amides is 2. The maximum absolute atomic E-state index is 11.7. The Morgan fingerprint density at radius 1 is 1.00 bits per heavy atom. The molecule has 0 bridgehead atoms. The molecule has 0 aliphatic carbocycles. The van der Waals surface area contributed by atoms with Crippen molar-refractivity contribution in [2.45, 2.75) is 0 Å². The first-order valence-electron chi connectivity index (χ1n) is 5.40. The van der Waals surface area contributed by atoms with E-state index >= 15 is 0 Å². The molecule has 0 saturated heterocycles. The number of hydrogen-bond donors (Lipinski definition) is 2. The second kappa shape index (κ2) is 6.31. The lowest BCUT2D eigenvalue weighted by Gasteiger charge is -2.07. The largest absolute Gasteiger partial charge is 0.316 e. The molecule has 0 radical (unpaired) electrons. The van der Waals surface area contributed by atoms with Gasteiger partial charge in [-0.05, 0) is 24.3 Å². The summed E-state index contributed by atoms with van der Waals surface area (Å²) in [7, 11) is 0. The predicted octanol–water partition coefficient (Wildman–Crippen LogP) is 2.36. The van der Waals surface area contributed by atoms with E-state index in [0.717, 1.165) is 0 Å². The van der Waals surface area contributed by atoms with Crippen LogP contribution in [0.5, 0.6) is 0 Å². The number of nitrogens with one attached hydrogen (secondary N) is 2. The minimum Gasteiger partial charge on any atom is -0.316 e. The van der Waals surface area contributed by atoms with E-state index in [9.17, 15) is 9.59 Å². The van der Waals surface area contributed by atoms with Gasteiger partial charge in [0.1, 0.15) is 0 Å². The van der Waals surface area contributed by atoms with Crippen molar-refractivity contribution in [3.63, 3.8) is 0 Å². The minimum absolute atomic E-state index is 0.0369. The molecule has 1 aromatic carbocycles. The Balaban J connectivity index is 2.03. The van der Waals surface area contributed by atoms with Gasteiger partial charge in [0.2, 0.25) is 5.95 Å². The first kappa shape index (κ1) is 14.2. The number of rotatable bonds is 2. The van der Waals surface area contributed by atoms with E-state index in [1.807, 2.05) is 0 Å². The number of halogens is 2. The van der Waals surface area contributed by atoms with Crippen LogP contribution in [0.15, 0.2) is 36.7 Å². The van der Waals surface area contributed by atoms with Gasteiger partial charge >= 0.3 is 11.8 Å². The molecule has 1 aromatic heterocycles. The summed E-state index contributed by atoms with van der Waals surface area (Å²) in [4.78, 5) is 30.8. The van der Waals surface area contributed by atoms with Crippen molar-refractivity contribution < 1.29 is 9.59 Å². The zero-order valence-corrected chi connectivity index (χ0v) is 11.4. The van der Waals surface area contributed by atoms with Crippen LogP contribution in [-0.4, -0.2) is 21.8 Å². The molecular weight excluding hydrogens is 303 g/mol. The van der Waals surface area contributed by atoms with Gasteiger partial charge < -0.3 is 5.32 Å². The highest BCUT2D eigenvalue weighted by Crippen LogP contribution is 2.25. The Kier molecular flexibility index (Phi) is 4.49. The van der Waals surface area contributed by atoms with E-state index < -0.39 is 11.8 Å². The van der Waals surface area contributed by atoms with Gasteiger partial charge in [0, 0.05) is 17.4 Å². The fourth-order valence-corrected chi connectivity index (χ4v) is 1.75. The maximum atomic E-state index is 11.7. The quantitative estimate of drug-likeness (QED) is 0.834. The summed E-state index contributed by atoms with van der Waals surface area (Å²) in [5.41, 5.74) is 0.283. The molecule has 8 heteroatoms. The maximum Gasteiger partial charge on any atom is 0.316 e. The topological polar surface area (TPSA) is 84.0 Å². The summed E-state index contributed by atoms with van der Waals surface area (Å²) in [6.07, 6.45) is 2.88. The van der Waals surface area contributed by atoms with E-state index in [-0.39, 0.29) is 16.7 Å². The second-order valence-electron chi connectivity index (χ2n) is 3.60. The van der Waals surface area contributed by atoms with E-state index in [1.54, 1.807) is 12.1 Å². The molecule has 0 spiro atoms. The molecule has 0 aliphatic heterocycles. The van der Waals surface area contributed by atoms with Crippen LogP contribution in [0.3, 0.4) is 0 Å². The average molecular weight is 311 g/mol. The first-order chi connectivity index (χ1) is 9.56. The lowest BCUT2D eigenvalue weighted by Crippen LogP contribution is -2.29. The minimum atomic E-state index is -0.901. The standard InChI is InChI=1S/C12H8Cl2N4O2/c13-7-2-3-9(8(14)6-7)17-10(19)11(20)18-12-15-4-1-5-16-12/h1-6H,(H,17,19)(H,15,16,18,20). The van der Waals surface area contributed by atoms with Gasteiger partial charge in [0.25, 0.3) is 0 Å². The number of nitrogens with zero attached hydrogens (tertiary/aromatic N) is 2. The molecule has 2 aromatic rings. The molecule has 102 valence electrons. The predicted molar refractivity (Wildman–Crippen MR) is 75.8 cm³/mol. The van der Waals surface area contributed by atoms with Crippen LogP contribution in [0.4, 0.5) is 11.6 Å². The number of carbonyl (C=O) groups excluding carboxylic acids is 2. The molecule has 6 nitrogen and oxygen atoms in total. The molecule has 20 heavy (non-hydrogen) atoms. The van der Waals surface area contributed by atoms with Crippen molar-refractivity contribution in [3.8, 4) is 0 Å². The zero-order valence-electron chi connectivity index (χ0n) is 9.93. The molecule has 0 aliphatic rings. The molecule has 1 heterocycles. The number of anilines is 2. The van der Waals surface area contributed by atoms with Crippen LogP contribution in [0, 0.1) is 0 Å². The van der Waals surface area contributed by atoms with Crippen molar-refractivity contribution in [1.82, 2.24) is 9.97 Å². The van der Waals surface area contributed by atoms with E-state index in [4.69, 9.17) is 23.2 Å². The van der Waals surface area contributed by atoms with Crippen LogP contribution >= 0.6 is 23.2 Å². The fraction of sp³-hybridized carbons (Fsp3) is 0. The first-order valence-corrected chi connectivity index (χ1v) is 6.16. The lowest BCUT2D eigenvalue weighted by molar-refractivity contribution is -0.133. The summed E-state index contributed by atoms with van der Waals surface area (Å²) >= 11 is 11.6. The number of aromatic nitrogens is 2. The summed E-state index contributed by atoms with van der Waals surface area (Å²) in [6, 6.07) is 6.08. The smallest absolute Gasteiger partial charge is 0.316 e. The van der Waals surface area contributed by atoms with Crippen molar-refractivity contribution >= 4 is 46.7 Å². The Labute approximate surface area is 124 Å². The summed E-state index contributed by atoms with van der Waals surface area (Å²) in [5.74, 6) is -1.75. The van der Waals surface area contributed by atoms with Crippen molar-refractivity contribution in [2.24, 2.45) is 0 Å². The normalized spacial score (nSPS) is 9.90. The molecule has 0 fully saturated rings. The Hall–Kier alpha value is -2.18. The van der Waals surface area contributed by atoms with E-state index in [1.165, 1.54) is 24.5 Å². The van der Waals surface area contributed by atoms with Crippen molar-refractivity contribution in [1.29, 1.82) is 0 Å². The zero-order chi connectivity index (χ0) is 14.5. The number of hydrogen-bond acceptors (Lipinski definition) is 4. The highest BCUT2D eigenvalue weighted by atomic mass is 35.5. The van der Waals surface area contributed by atoms with Crippen LogP contribution in [-0.2, 0) is 9.59 Å². The molecule has 2 amide bonds. The van der Waals surface area contributed by atoms with Gasteiger partial charge in [-0.1, -0.05) is 23.2 Å². The van der Waals surface area contributed by atoms with Gasteiger partial charge in [-0.15, -0.1) is 0 Å². The third-order valence-corrected chi connectivity index (χ3v) is 2.72.